The Bertz CT molecular complexity index is 627. The Hall–Kier alpha value is -1.10. The molecular formula is C19H23BrFNO2. The highest BCUT2D eigenvalue weighted by Gasteiger charge is 2.51. The molecule has 4 fully saturated rings. The van der Waals surface area contributed by atoms with Gasteiger partial charge < -0.3 is 10.1 Å². The van der Waals surface area contributed by atoms with Crippen molar-refractivity contribution in [2.45, 2.75) is 57.1 Å². The van der Waals surface area contributed by atoms with E-state index in [0.717, 1.165) is 37.0 Å². The van der Waals surface area contributed by atoms with Crippen LogP contribution in [0.25, 0.3) is 0 Å². The first-order chi connectivity index (χ1) is 11.4. The molecule has 1 aromatic carbocycles. The summed E-state index contributed by atoms with van der Waals surface area (Å²) in [6.45, 7) is 1.76. The van der Waals surface area contributed by atoms with Crippen molar-refractivity contribution in [3.8, 4) is 5.75 Å². The largest absolute Gasteiger partial charge is 0.480 e. The number of hydrogen-bond acceptors (Lipinski definition) is 2. The monoisotopic (exact) mass is 395 g/mol. The van der Waals surface area contributed by atoms with Crippen LogP contribution in [0.4, 0.5) is 4.39 Å². The van der Waals surface area contributed by atoms with Crippen LogP contribution in [0.1, 0.15) is 45.4 Å². The van der Waals surface area contributed by atoms with E-state index in [1.165, 1.54) is 31.4 Å². The fourth-order valence-electron chi connectivity index (χ4n) is 5.44. The van der Waals surface area contributed by atoms with E-state index < -0.39 is 6.10 Å². The van der Waals surface area contributed by atoms with E-state index >= 15 is 0 Å². The van der Waals surface area contributed by atoms with Crippen LogP contribution in [0.2, 0.25) is 0 Å². The quantitative estimate of drug-likeness (QED) is 0.817. The summed E-state index contributed by atoms with van der Waals surface area (Å²) in [6.07, 6.45) is 6.82. The molecule has 130 valence electrons. The van der Waals surface area contributed by atoms with Crippen LogP contribution in [0.5, 0.6) is 5.75 Å². The summed E-state index contributed by atoms with van der Waals surface area (Å²) < 4.78 is 19.4. The van der Waals surface area contributed by atoms with Gasteiger partial charge in [0.05, 0.1) is 4.47 Å². The maximum absolute atomic E-state index is 13.2. The molecule has 0 aliphatic heterocycles. The minimum absolute atomic E-state index is 0.0104. The molecule has 1 amide bonds. The zero-order valence-corrected chi connectivity index (χ0v) is 15.4. The van der Waals surface area contributed by atoms with Gasteiger partial charge in [-0.1, -0.05) is 0 Å². The second kappa shape index (κ2) is 6.01. The number of halogens is 2. The molecule has 4 saturated carbocycles. The lowest BCUT2D eigenvalue weighted by atomic mass is 9.53. The van der Waals surface area contributed by atoms with Crippen LogP contribution in [0.3, 0.4) is 0 Å². The molecule has 24 heavy (non-hydrogen) atoms. The van der Waals surface area contributed by atoms with Gasteiger partial charge in [0.15, 0.2) is 6.10 Å². The van der Waals surface area contributed by atoms with E-state index in [1.54, 1.807) is 13.0 Å². The summed E-state index contributed by atoms with van der Waals surface area (Å²) in [4.78, 5) is 12.7. The maximum Gasteiger partial charge on any atom is 0.261 e. The highest BCUT2D eigenvalue weighted by Crippen LogP contribution is 2.55. The first-order valence-corrected chi connectivity index (χ1v) is 9.65. The van der Waals surface area contributed by atoms with Crippen LogP contribution in [0.15, 0.2) is 22.7 Å². The van der Waals surface area contributed by atoms with E-state index in [4.69, 9.17) is 4.74 Å². The predicted octanol–water partition coefficient (Wildman–Crippen LogP) is 4.44. The summed E-state index contributed by atoms with van der Waals surface area (Å²) in [5.74, 6) is 2.47. The summed E-state index contributed by atoms with van der Waals surface area (Å²) in [5, 5.41) is 3.32. The minimum atomic E-state index is -0.597. The molecule has 4 aliphatic carbocycles. The van der Waals surface area contributed by atoms with Crippen LogP contribution < -0.4 is 10.1 Å². The van der Waals surface area contributed by atoms with E-state index in [0.29, 0.717) is 10.2 Å². The third-order valence-electron chi connectivity index (χ3n) is 5.99. The van der Waals surface area contributed by atoms with E-state index in [-0.39, 0.29) is 17.3 Å². The van der Waals surface area contributed by atoms with Gasteiger partial charge in [-0.25, -0.2) is 4.39 Å². The molecule has 4 aliphatic rings. The van der Waals surface area contributed by atoms with Crippen molar-refractivity contribution in [1.29, 1.82) is 0 Å². The molecule has 1 atom stereocenters. The van der Waals surface area contributed by atoms with Crippen molar-refractivity contribution in [3.05, 3.63) is 28.5 Å². The molecule has 0 radical (unpaired) electrons. The van der Waals surface area contributed by atoms with Crippen LogP contribution in [0, 0.1) is 23.6 Å². The predicted molar refractivity (Wildman–Crippen MR) is 93.2 cm³/mol. The van der Waals surface area contributed by atoms with Crippen molar-refractivity contribution < 1.29 is 13.9 Å². The van der Waals surface area contributed by atoms with Gasteiger partial charge in [0.1, 0.15) is 11.6 Å². The number of nitrogens with one attached hydrogen (secondary N) is 1. The number of benzene rings is 1. The zero-order chi connectivity index (χ0) is 16.9. The average molecular weight is 396 g/mol. The summed E-state index contributed by atoms with van der Waals surface area (Å²) in [6, 6.07) is 4.23. The molecule has 0 heterocycles. The Morgan fingerprint density at radius 2 is 1.83 bits per heavy atom. The molecular weight excluding hydrogens is 373 g/mol. The molecule has 4 bridgehead atoms. The van der Waals surface area contributed by atoms with Gasteiger partial charge in [-0.3, -0.25) is 4.79 Å². The van der Waals surface area contributed by atoms with E-state index in [2.05, 4.69) is 21.2 Å². The third kappa shape index (κ3) is 3.07. The fourth-order valence-corrected chi connectivity index (χ4v) is 5.89. The van der Waals surface area contributed by atoms with Crippen molar-refractivity contribution in [3.63, 3.8) is 0 Å². The van der Waals surface area contributed by atoms with Crippen LogP contribution in [-0.2, 0) is 4.79 Å². The fraction of sp³-hybridized carbons (Fsp3) is 0.632. The standard InChI is InChI=1S/C19H23BrFNO2/c1-11(24-17-3-2-15(21)7-16(17)20)18(23)22-19-8-12-4-13(9-19)6-14(5-12)10-19/h2-3,7,11-14H,4-6,8-10H2,1H3,(H,22,23). The number of amides is 1. The van der Waals surface area contributed by atoms with Gasteiger partial charge in [0, 0.05) is 5.54 Å². The van der Waals surface area contributed by atoms with Crippen LogP contribution >= 0.6 is 15.9 Å². The summed E-state index contributed by atoms with van der Waals surface area (Å²) in [5.41, 5.74) is -0.0104. The second-order valence-corrected chi connectivity index (χ2v) is 8.88. The first kappa shape index (κ1) is 16.4. The lowest BCUT2D eigenvalue weighted by Gasteiger charge is -2.57. The maximum atomic E-state index is 13.2. The Morgan fingerprint density at radius 1 is 1.25 bits per heavy atom. The highest BCUT2D eigenvalue weighted by molar-refractivity contribution is 9.10. The molecule has 3 nitrogen and oxygen atoms in total. The molecule has 1 N–H and O–H groups in total. The Morgan fingerprint density at radius 3 is 2.38 bits per heavy atom. The van der Waals surface area contributed by atoms with Crippen molar-refractivity contribution in [2.75, 3.05) is 0 Å². The van der Waals surface area contributed by atoms with Crippen LogP contribution in [-0.4, -0.2) is 17.6 Å². The molecule has 1 unspecified atom stereocenters. The van der Waals surface area contributed by atoms with Gasteiger partial charge in [0.25, 0.3) is 5.91 Å². The molecule has 0 spiro atoms. The number of ether oxygens (including phenoxy) is 1. The Kier molecular flexibility index (Phi) is 4.10. The average Bonchev–Trinajstić information content (AvgIpc) is 2.48. The van der Waals surface area contributed by atoms with Crippen molar-refractivity contribution in [2.24, 2.45) is 17.8 Å². The molecule has 0 saturated heterocycles. The Balaban J connectivity index is 1.42. The van der Waals surface area contributed by atoms with Gasteiger partial charge in [-0.2, -0.15) is 0 Å². The number of rotatable bonds is 4. The molecule has 0 aromatic heterocycles. The number of hydrogen-bond donors (Lipinski definition) is 1. The van der Waals surface area contributed by atoms with Crippen molar-refractivity contribution in [1.82, 2.24) is 5.32 Å². The minimum Gasteiger partial charge on any atom is -0.480 e. The first-order valence-electron chi connectivity index (χ1n) is 8.86. The number of carbonyl (C=O) groups is 1. The summed E-state index contributed by atoms with van der Waals surface area (Å²) >= 11 is 3.28. The molecule has 5 heteroatoms. The van der Waals surface area contributed by atoms with Gasteiger partial charge in [-0.15, -0.1) is 0 Å². The van der Waals surface area contributed by atoms with Gasteiger partial charge >= 0.3 is 0 Å². The van der Waals surface area contributed by atoms with E-state index in [1.807, 2.05) is 0 Å². The topological polar surface area (TPSA) is 38.3 Å². The molecule has 1 aromatic rings. The van der Waals surface area contributed by atoms with E-state index in [9.17, 15) is 9.18 Å². The lowest BCUT2D eigenvalue weighted by molar-refractivity contribution is -0.133. The summed E-state index contributed by atoms with van der Waals surface area (Å²) in [7, 11) is 0. The Labute approximate surface area is 150 Å². The third-order valence-corrected chi connectivity index (χ3v) is 6.61. The number of carbonyl (C=O) groups excluding carboxylic acids is 1. The lowest BCUT2D eigenvalue weighted by Crippen LogP contribution is -2.61. The second-order valence-electron chi connectivity index (χ2n) is 8.02. The zero-order valence-electron chi connectivity index (χ0n) is 13.9. The highest BCUT2D eigenvalue weighted by atomic mass is 79.9. The smallest absolute Gasteiger partial charge is 0.261 e. The molecule has 5 rings (SSSR count). The van der Waals surface area contributed by atoms with Gasteiger partial charge in [-0.05, 0) is 97.3 Å². The van der Waals surface area contributed by atoms with Crippen molar-refractivity contribution >= 4 is 21.8 Å². The SMILES string of the molecule is CC(Oc1ccc(F)cc1Br)C(=O)NC12CC3CC(CC(C3)C1)C2. The van der Waals surface area contributed by atoms with Gasteiger partial charge in [0.2, 0.25) is 0 Å². The normalized spacial score (nSPS) is 34.9.